The van der Waals surface area contributed by atoms with E-state index in [2.05, 4.69) is 31.7 Å². The van der Waals surface area contributed by atoms with Gasteiger partial charge in [-0.15, -0.1) is 11.3 Å². The lowest BCUT2D eigenvalue weighted by Gasteiger charge is -2.34. The van der Waals surface area contributed by atoms with Gasteiger partial charge in [-0.05, 0) is 29.1 Å². The summed E-state index contributed by atoms with van der Waals surface area (Å²) >= 11 is 4.82. The maximum atomic E-state index is 13.7. The Morgan fingerprint density at radius 3 is 2.72 bits per heavy atom. The Balaban J connectivity index is 1.64. The third-order valence-corrected chi connectivity index (χ3v) is 6.16. The molecule has 0 radical (unpaired) electrons. The zero-order valence-electron chi connectivity index (χ0n) is 14.9. The zero-order chi connectivity index (χ0) is 20.6. The molecule has 0 aliphatic carbocycles. The molecule has 1 amide bonds. The number of hydrogen-bond acceptors (Lipinski definition) is 4. The van der Waals surface area contributed by atoms with Crippen LogP contribution in [-0.4, -0.2) is 21.9 Å². The van der Waals surface area contributed by atoms with E-state index in [1.54, 1.807) is 24.3 Å². The van der Waals surface area contributed by atoms with Crippen molar-refractivity contribution >= 4 is 39.0 Å². The Morgan fingerprint density at radius 2 is 2.07 bits per heavy atom. The minimum atomic E-state index is -4.48. The standard InChI is InChI=1S/C19H16BrF3N4OS/c20-12-5-3-11(4-6-12)15-8-16(19(21,22)23)27-17(26-15)14(10-25-27)18(28)24-9-13-2-1-7-29-13/h1-7,10,15-16,26H,8-9H2,(H,24,28)/t15-,16+/m1/s1. The average Bonchev–Trinajstić information content (AvgIpc) is 3.35. The van der Waals surface area contributed by atoms with Crippen molar-refractivity contribution in [3.05, 3.63) is 68.5 Å². The number of halogens is 4. The Labute approximate surface area is 177 Å². The summed E-state index contributed by atoms with van der Waals surface area (Å²) in [7, 11) is 0. The van der Waals surface area contributed by atoms with E-state index < -0.39 is 24.2 Å². The van der Waals surface area contributed by atoms with E-state index in [9.17, 15) is 18.0 Å². The third-order valence-electron chi connectivity index (χ3n) is 4.76. The van der Waals surface area contributed by atoms with E-state index in [1.165, 1.54) is 17.5 Å². The van der Waals surface area contributed by atoms with E-state index >= 15 is 0 Å². The molecular weight excluding hydrogens is 469 g/mol. The molecule has 1 aliphatic heterocycles. The molecule has 0 unspecified atom stereocenters. The molecule has 0 bridgehead atoms. The Bertz CT molecular complexity index is 1000. The molecule has 4 rings (SSSR count). The summed E-state index contributed by atoms with van der Waals surface area (Å²) in [5.74, 6) is -0.389. The summed E-state index contributed by atoms with van der Waals surface area (Å²) in [5.41, 5.74) is 0.803. The second-order valence-corrected chi connectivity index (χ2v) is 8.60. The van der Waals surface area contributed by atoms with Gasteiger partial charge in [0.1, 0.15) is 11.4 Å². The normalized spacial score (nSPS) is 18.8. The molecule has 0 saturated heterocycles. The lowest BCUT2D eigenvalue weighted by molar-refractivity contribution is -0.173. The fourth-order valence-electron chi connectivity index (χ4n) is 3.32. The lowest BCUT2D eigenvalue weighted by Crippen LogP contribution is -2.36. The van der Waals surface area contributed by atoms with Gasteiger partial charge in [-0.2, -0.15) is 18.3 Å². The highest BCUT2D eigenvalue weighted by Gasteiger charge is 2.47. The van der Waals surface area contributed by atoms with Gasteiger partial charge in [-0.1, -0.05) is 34.1 Å². The number of hydrogen-bond donors (Lipinski definition) is 2. The van der Waals surface area contributed by atoms with Gasteiger partial charge in [-0.3, -0.25) is 4.79 Å². The van der Waals surface area contributed by atoms with Crippen molar-refractivity contribution in [2.45, 2.75) is 31.2 Å². The number of rotatable bonds is 4. The van der Waals surface area contributed by atoms with Crippen LogP contribution in [0.5, 0.6) is 0 Å². The fraction of sp³-hybridized carbons (Fsp3) is 0.263. The summed E-state index contributed by atoms with van der Waals surface area (Å²) in [6.45, 7) is 0.306. The number of aromatic nitrogens is 2. The number of carbonyl (C=O) groups is 1. The second-order valence-electron chi connectivity index (χ2n) is 6.66. The van der Waals surface area contributed by atoms with Gasteiger partial charge < -0.3 is 10.6 Å². The first-order chi connectivity index (χ1) is 13.8. The highest BCUT2D eigenvalue weighted by atomic mass is 79.9. The largest absolute Gasteiger partial charge is 0.410 e. The number of thiophene rings is 1. The van der Waals surface area contributed by atoms with Gasteiger partial charge in [-0.25, -0.2) is 4.68 Å². The van der Waals surface area contributed by atoms with Crippen LogP contribution in [0.1, 0.15) is 39.3 Å². The smallest absolute Gasteiger partial charge is 0.363 e. The van der Waals surface area contributed by atoms with Gasteiger partial charge >= 0.3 is 6.18 Å². The van der Waals surface area contributed by atoms with E-state index in [4.69, 9.17) is 0 Å². The van der Waals surface area contributed by atoms with Crippen molar-refractivity contribution in [1.29, 1.82) is 0 Å². The molecule has 3 aromatic rings. The fourth-order valence-corrected chi connectivity index (χ4v) is 4.23. The molecule has 2 aromatic heterocycles. The van der Waals surface area contributed by atoms with Crippen molar-refractivity contribution in [2.24, 2.45) is 0 Å². The summed E-state index contributed by atoms with van der Waals surface area (Å²) in [4.78, 5) is 13.6. The van der Waals surface area contributed by atoms with Crippen LogP contribution >= 0.6 is 27.3 Å². The molecule has 2 atom stereocenters. The van der Waals surface area contributed by atoms with Crippen LogP contribution in [0.3, 0.4) is 0 Å². The summed E-state index contributed by atoms with van der Waals surface area (Å²) in [6.07, 6.45) is -3.51. The molecule has 10 heteroatoms. The molecule has 0 fully saturated rings. The van der Waals surface area contributed by atoms with Crippen molar-refractivity contribution in [2.75, 3.05) is 5.32 Å². The first kappa shape index (κ1) is 20.0. The molecule has 0 saturated carbocycles. The summed E-state index contributed by atoms with van der Waals surface area (Å²) in [5, 5.41) is 11.6. The van der Waals surface area contributed by atoms with Crippen LogP contribution in [0.15, 0.2) is 52.4 Å². The van der Waals surface area contributed by atoms with Crippen molar-refractivity contribution in [3.8, 4) is 0 Å². The first-order valence-corrected chi connectivity index (χ1v) is 10.5. The molecule has 29 heavy (non-hydrogen) atoms. The molecule has 2 N–H and O–H groups in total. The number of alkyl halides is 3. The van der Waals surface area contributed by atoms with E-state index in [-0.39, 0.29) is 17.8 Å². The highest BCUT2D eigenvalue weighted by molar-refractivity contribution is 9.10. The summed E-state index contributed by atoms with van der Waals surface area (Å²) < 4.78 is 42.9. The van der Waals surface area contributed by atoms with E-state index in [0.717, 1.165) is 14.0 Å². The number of nitrogens with one attached hydrogen (secondary N) is 2. The monoisotopic (exact) mass is 484 g/mol. The van der Waals surface area contributed by atoms with Gasteiger partial charge in [0.2, 0.25) is 0 Å². The Kier molecular flexibility index (Phi) is 5.39. The van der Waals surface area contributed by atoms with Gasteiger partial charge in [0.05, 0.1) is 18.8 Å². The minimum Gasteiger partial charge on any atom is -0.363 e. The molecule has 0 spiro atoms. The minimum absolute atomic E-state index is 0.0789. The van der Waals surface area contributed by atoms with Crippen LogP contribution in [0, 0.1) is 0 Å². The predicted octanol–water partition coefficient (Wildman–Crippen LogP) is 5.30. The maximum absolute atomic E-state index is 13.7. The number of benzene rings is 1. The van der Waals surface area contributed by atoms with Gasteiger partial charge in [0.15, 0.2) is 6.04 Å². The van der Waals surface area contributed by atoms with Gasteiger partial charge in [0, 0.05) is 15.8 Å². The lowest BCUT2D eigenvalue weighted by atomic mass is 9.96. The molecule has 1 aliphatic rings. The van der Waals surface area contributed by atoms with Crippen LogP contribution in [0.2, 0.25) is 0 Å². The molecule has 152 valence electrons. The molecule has 1 aromatic carbocycles. The van der Waals surface area contributed by atoms with E-state index in [0.29, 0.717) is 12.1 Å². The summed E-state index contributed by atoms with van der Waals surface area (Å²) in [6, 6.07) is 8.41. The highest BCUT2D eigenvalue weighted by Crippen LogP contribution is 2.44. The Hall–Kier alpha value is -2.33. The predicted molar refractivity (Wildman–Crippen MR) is 108 cm³/mol. The topological polar surface area (TPSA) is 59.0 Å². The van der Waals surface area contributed by atoms with Crippen molar-refractivity contribution < 1.29 is 18.0 Å². The molecule has 5 nitrogen and oxygen atoms in total. The molecular formula is C19H16BrF3N4OS. The SMILES string of the molecule is O=C(NCc1cccs1)c1cnn2c1N[C@@H](c1ccc(Br)cc1)C[C@H]2C(F)(F)F. The third kappa shape index (κ3) is 4.18. The quantitative estimate of drug-likeness (QED) is 0.528. The molecule has 3 heterocycles. The van der Waals surface area contributed by atoms with E-state index in [1.807, 2.05) is 17.5 Å². The first-order valence-electron chi connectivity index (χ1n) is 8.79. The van der Waals surface area contributed by atoms with Gasteiger partial charge in [0.25, 0.3) is 5.91 Å². The van der Waals surface area contributed by atoms with Crippen LogP contribution < -0.4 is 10.6 Å². The van der Waals surface area contributed by atoms with Crippen molar-refractivity contribution in [3.63, 3.8) is 0 Å². The van der Waals surface area contributed by atoms with Crippen LogP contribution in [-0.2, 0) is 6.54 Å². The zero-order valence-corrected chi connectivity index (χ0v) is 17.3. The maximum Gasteiger partial charge on any atom is 0.410 e. The van der Waals surface area contributed by atoms with Crippen LogP contribution in [0.25, 0.3) is 0 Å². The second kappa shape index (κ2) is 7.83. The number of fused-ring (bicyclic) bond motifs is 1. The van der Waals surface area contributed by atoms with Crippen LogP contribution in [0.4, 0.5) is 19.0 Å². The Morgan fingerprint density at radius 1 is 1.31 bits per heavy atom. The number of nitrogens with zero attached hydrogens (tertiary/aromatic N) is 2. The number of amides is 1. The average molecular weight is 485 g/mol. The number of anilines is 1. The number of carbonyl (C=O) groups excluding carboxylic acids is 1. The van der Waals surface area contributed by atoms with Crippen molar-refractivity contribution in [1.82, 2.24) is 15.1 Å².